The zero-order valence-electron chi connectivity index (χ0n) is 7.37. The Morgan fingerprint density at radius 3 is 1.36 bits per heavy atom. The van der Waals surface area contributed by atoms with Crippen LogP contribution in [0.1, 0.15) is 27.7 Å². The fourth-order valence-electron chi connectivity index (χ4n) is 0.642. The highest BCUT2D eigenvalue weighted by molar-refractivity contribution is 6.50. The Morgan fingerprint density at radius 1 is 0.909 bits per heavy atom. The fraction of sp³-hybridized carbons (Fsp3) is 1.00. The van der Waals surface area contributed by atoms with Crippen LogP contribution in [0, 0.1) is 0 Å². The standard InChI is InChI=1S/C6H16O4Si/c1-5(2)9-11(7,8)10-6(3)4/h5-8H,1-4H3. The van der Waals surface area contributed by atoms with Crippen LogP contribution in [0.2, 0.25) is 0 Å². The molecule has 0 amide bonds. The molecule has 2 N–H and O–H groups in total. The van der Waals surface area contributed by atoms with Crippen LogP contribution in [0.4, 0.5) is 0 Å². The number of hydrogen-bond donors (Lipinski definition) is 2. The molecule has 0 saturated carbocycles. The van der Waals surface area contributed by atoms with E-state index in [2.05, 4.69) is 0 Å². The average molecular weight is 180 g/mol. The van der Waals surface area contributed by atoms with Crippen LogP contribution >= 0.6 is 0 Å². The maximum atomic E-state index is 9.11. The second-order valence-electron chi connectivity index (χ2n) is 2.88. The third-order valence-electron chi connectivity index (χ3n) is 0.778. The van der Waals surface area contributed by atoms with Crippen molar-refractivity contribution in [2.45, 2.75) is 39.9 Å². The summed E-state index contributed by atoms with van der Waals surface area (Å²) in [5, 5.41) is 0. The van der Waals surface area contributed by atoms with Gasteiger partial charge in [0.15, 0.2) is 0 Å². The van der Waals surface area contributed by atoms with Gasteiger partial charge in [-0.05, 0) is 27.7 Å². The van der Waals surface area contributed by atoms with Crippen molar-refractivity contribution < 1.29 is 18.4 Å². The lowest BCUT2D eigenvalue weighted by Crippen LogP contribution is -2.46. The lowest BCUT2D eigenvalue weighted by Gasteiger charge is -2.21. The van der Waals surface area contributed by atoms with Crippen LogP contribution in [0.5, 0.6) is 0 Å². The molecule has 0 heterocycles. The van der Waals surface area contributed by atoms with Crippen molar-refractivity contribution in [3.63, 3.8) is 0 Å². The van der Waals surface area contributed by atoms with Gasteiger partial charge in [-0.3, -0.25) is 0 Å². The van der Waals surface area contributed by atoms with E-state index >= 15 is 0 Å². The van der Waals surface area contributed by atoms with Crippen LogP contribution in [0.3, 0.4) is 0 Å². The van der Waals surface area contributed by atoms with Gasteiger partial charge in [0.05, 0.1) is 0 Å². The van der Waals surface area contributed by atoms with Crippen LogP contribution in [-0.2, 0) is 8.85 Å². The molecule has 0 aliphatic heterocycles. The van der Waals surface area contributed by atoms with Crippen molar-refractivity contribution in [1.82, 2.24) is 0 Å². The minimum absolute atomic E-state index is 0.226. The number of rotatable bonds is 4. The van der Waals surface area contributed by atoms with Crippen LogP contribution in [0.25, 0.3) is 0 Å². The summed E-state index contributed by atoms with van der Waals surface area (Å²) >= 11 is 0. The van der Waals surface area contributed by atoms with Gasteiger partial charge in [-0.25, -0.2) is 0 Å². The summed E-state index contributed by atoms with van der Waals surface area (Å²) < 4.78 is 9.55. The van der Waals surface area contributed by atoms with E-state index in [9.17, 15) is 0 Å². The van der Waals surface area contributed by atoms with E-state index in [4.69, 9.17) is 18.4 Å². The van der Waals surface area contributed by atoms with Crippen molar-refractivity contribution in [3.05, 3.63) is 0 Å². The van der Waals surface area contributed by atoms with Gasteiger partial charge in [0.2, 0.25) is 0 Å². The lowest BCUT2D eigenvalue weighted by molar-refractivity contribution is -0.0142. The molecular weight excluding hydrogens is 164 g/mol. The first-order valence-electron chi connectivity index (χ1n) is 3.64. The maximum absolute atomic E-state index is 9.11. The summed E-state index contributed by atoms with van der Waals surface area (Å²) in [6, 6.07) is 0. The monoisotopic (exact) mass is 180 g/mol. The molecule has 0 rings (SSSR count). The van der Waals surface area contributed by atoms with E-state index in [1.807, 2.05) is 0 Å². The summed E-state index contributed by atoms with van der Waals surface area (Å²) in [6.45, 7) is 6.88. The van der Waals surface area contributed by atoms with Gasteiger partial charge in [0.25, 0.3) is 0 Å². The summed E-state index contributed by atoms with van der Waals surface area (Å²) in [4.78, 5) is 18.2. The molecule has 0 fully saturated rings. The minimum Gasteiger partial charge on any atom is -0.367 e. The van der Waals surface area contributed by atoms with Gasteiger partial charge in [-0.2, -0.15) is 0 Å². The average Bonchev–Trinajstić information content (AvgIpc) is 1.53. The van der Waals surface area contributed by atoms with Crippen molar-refractivity contribution >= 4 is 9.05 Å². The predicted octanol–water partition coefficient (Wildman–Crippen LogP) is 0.257. The number of hydrogen-bond acceptors (Lipinski definition) is 4. The van der Waals surface area contributed by atoms with Crippen molar-refractivity contribution in [3.8, 4) is 0 Å². The lowest BCUT2D eigenvalue weighted by atomic mass is 10.5. The molecule has 0 aromatic rings. The Morgan fingerprint density at radius 2 is 1.18 bits per heavy atom. The molecule has 0 atom stereocenters. The molecule has 0 aromatic carbocycles. The first kappa shape index (κ1) is 11.1. The van der Waals surface area contributed by atoms with Crippen LogP contribution in [-0.4, -0.2) is 30.8 Å². The van der Waals surface area contributed by atoms with Crippen molar-refractivity contribution in [1.29, 1.82) is 0 Å². The molecule has 0 bridgehead atoms. The van der Waals surface area contributed by atoms with Gasteiger partial charge >= 0.3 is 9.05 Å². The van der Waals surface area contributed by atoms with Gasteiger partial charge < -0.3 is 18.4 Å². The van der Waals surface area contributed by atoms with Crippen LogP contribution in [0.15, 0.2) is 0 Å². The largest absolute Gasteiger partial charge is 0.674 e. The molecular formula is C6H16O4Si. The molecule has 0 aliphatic carbocycles. The Balaban J connectivity index is 3.79. The summed E-state index contributed by atoms with van der Waals surface area (Å²) in [6.07, 6.45) is -0.453. The predicted molar refractivity (Wildman–Crippen MR) is 42.6 cm³/mol. The molecule has 0 spiro atoms. The summed E-state index contributed by atoms with van der Waals surface area (Å²) in [7, 11) is -3.83. The maximum Gasteiger partial charge on any atom is 0.674 e. The second-order valence-corrected chi connectivity index (χ2v) is 4.45. The third-order valence-corrected chi connectivity index (χ3v) is 2.34. The van der Waals surface area contributed by atoms with Crippen molar-refractivity contribution in [2.75, 3.05) is 0 Å². The van der Waals surface area contributed by atoms with Crippen molar-refractivity contribution in [2.24, 2.45) is 0 Å². The second kappa shape index (κ2) is 4.17. The molecule has 11 heavy (non-hydrogen) atoms. The smallest absolute Gasteiger partial charge is 0.367 e. The fourth-order valence-corrected chi connectivity index (χ4v) is 1.93. The Kier molecular flexibility index (Phi) is 4.20. The zero-order chi connectivity index (χ0) is 9.07. The molecule has 0 saturated heterocycles. The van der Waals surface area contributed by atoms with E-state index in [0.29, 0.717) is 0 Å². The molecule has 0 radical (unpaired) electrons. The topological polar surface area (TPSA) is 58.9 Å². The van der Waals surface area contributed by atoms with E-state index in [1.165, 1.54) is 0 Å². The summed E-state index contributed by atoms with van der Waals surface area (Å²) in [5.41, 5.74) is 0. The highest BCUT2D eigenvalue weighted by atomic mass is 28.4. The molecule has 0 aromatic heterocycles. The normalized spacial score (nSPS) is 13.1. The Labute approximate surface area is 68.3 Å². The van der Waals surface area contributed by atoms with Gasteiger partial charge in [-0.1, -0.05) is 0 Å². The van der Waals surface area contributed by atoms with E-state index < -0.39 is 9.05 Å². The quantitative estimate of drug-likeness (QED) is 0.609. The first-order chi connectivity index (χ1) is 4.83. The molecule has 4 nitrogen and oxygen atoms in total. The SMILES string of the molecule is CC(C)O[Si](O)(O)OC(C)C. The summed E-state index contributed by atoms with van der Waals surface area (Å²) in [5.74, 6) is 0. The van der Waals surface area contributed by atoms with Gasteiger partial charge in [-0.15, -0.1) is 0 Å². The highest BCUT2D eigenvalue weighted by Gasteiger charge is 2.38. The molecule has 0 unspecified atom stereocenters. The molecule has 5 heteroatoms. The highest BCUT2D eigenvalue weighted by Crippen LogP contribution is 2.05. The third kappa shape index (κ3) is 6.45. The van der Waals surface area contributed by atoms with Gasteiger partial charge in [0, 0.05) is 12.2 Å². The van der Waals surface area contributed by atoms with E-state index in [-0.39, 0.29) is 12.2 Å². The minimum atomic E-state index is -3.83. The van der Waals surface area contributed by atoms with E-state index in [1.54, 1.807) is 27.7 Å². The molecule has 0 aliphatic rings. The molecule has 68 valence electrons. The first-order valence-corrected chi connectivity index (χ1v) is 5.35. The van der Waals surface area contributed by atoms with Crippen LogP contribution < -0.4 is 0 Å². The Hall–Kier alpha value is 0.0569. The zero-order valence-corrected chi connectivity index (χ0v) is 8.37. The van der Waals surface area contributed by atoms with Gasteiger partial charge in [0.1, 0.15) is 0 Å². The van der Waals surface area contributed by atoms with E-state index in [0.717, 1.165) is 0 Å². The Bertz CT molecular complexity index is 101.